The molecule has 142 valence electrons. The van der Waals surface area contributed by atoms with E-state index in [9.17, 15) is 9.59 Å². The highest BCUT2D eigenvalue weighted by atomic mass is 79.9. The topological polar surface area (TPSA) is 83.7 Å². The Morgan fingerprint density at radius 1 is 1.22 bits per heavy atom. The van der Waals surface area contributed by atoms with Crippen LogP contribution in [-0.2, 0) is 6.42 Å². The summed E-state index contributed by atoms with van der Waals surface area (Å²) in [6.07, 6.45) is 3.20. The number of hydrazone groups is 1. The maximum Gasteiger partial charge on any atom is 0.287 e. The van der Waals surface area contributed by atoms with Gasteiger partial charge in [-0.25, -0.2) is 5.43 Å². The lowest BCUT2D eigenvalue weighted by molar-refractivity contribution is 0.0921. The maximum atomic E-state index is 12.4. The van der Waals surface area contributed by atoms with E-state index < -0.39 is 0 Å². The molecular formula is C20H22BrN3O3. The van der Waals surface area contributed by atoms with Crippen LogP contribution in [0.25, 0.3) is 0 Å². The summed E-state index contributed by atoms with van der Waals surface area (Å²) in [7, 11) is 0. The number of aryl methyl sites for hydroxylation is 1. The molecule has 27 heavy (non-hydrogen) atoms. The van der Waals surface area contributed by atoms with Crippen LogP contribution in [0.1, 0.15) is 64.0 Å². The molecule has 0 fully saturated rings. The van der Waals surface area contributed by atoms with E-state index in [-0.39, 0.29) is 11.8 Å². The molecule has 0 aliphatic heterocycles. The highest BCUT2D eigenvalue weighted by molar-refractivity contribution is 9.10. The molecule has 6 nitrogen and oxygen atoms in total. The second-order valence-corrected chi connectivity index (χ2v) is 7.30. The van der Waals surface area contributed by atoms with Crippen molar-refractivity contribution in [1.29, 1.82) is 0 Å². The molecule has 1 aliphatic rings. The van der Waals surface area contributed by atoms with Crippen molar-refractivity contribution < 1.29 is 14.0 Å². The zero-order valence-corrected chi connectivity index (χ0v) is 17.0. The normalized spacial score (nSPS) is 14.7. The van der Waals surface area contributed by atoms with Crippen LogP contribution in [0.4, 0.5) is 0 Å². The molecule has 2 amide bonds. The lowest BCUT2D eigenvalue weighted by Gasteiger charge is -2.13. The minimum Gasteiger partial charge on any atom is -0.455 e. The van der Waals surface area contributed by atoms with Gasteiger partial charge in [-0.3, -0.25) is 9.59 Å². The van der Waals surface area contributed by atoms with Crippen LogP contribution >= 0.6 is 15.9 Å². The number of rotatable bonds is 5. The Morgan fingerprint density at radius 2 is 2.00 bits per heavy atom. The largest absolute Gasteiger partial charge is 0.455 e. The first-order valence-corrected chi connectivity index (χ1v) is 9.84. The summed E-state index contributed by atoms with van der Waals surface area (Å²) >= 11 is 3.37. The Hall–Kier alpha value is -2.41. The number of nitrogens with zero attached hydrogens (tertiary/aromatic N) is 1. The number of carbonyl (C=O) groups excluding carboxylic acids is 2. The number of furan rings is 1. The molecule has 2 aromatic rings. The fourth-order valence-electron chi connectivity index (χ4n) is 3.14. The van der Waals surface area contributed by atoms with Gasteiger partial charge in [0.15, 0.2) is 5.76 Å². The fourth-order valence-corrected chi connectivity index (χ4v) is 3.60. The van der Waals surface area contributed by atoms with Gasteiger partial charge in [0.25, 0.3) is 11.8 Å². The van der Waals surface area contributed by atoms with Crippen molar-refractivity contribution in [2.45, 2.75) is 39.5 Å². The first kappa shape index (κ1) is 19.4. The highest BCUT2D eigenvalue weighted by Gasteiger charge is 2.28. The molecule has 1 aliphatic carbocycles. The standard InChI is InChI=1S/C20H22BrN3O3/c1-3-11-22-20(26)18-12(2)17-15(9-6-10-16(17)27-18)23-24-19(25)13-7-4-5-8-14(13)21/h4-5,7-8H,3,6,9-11H2,1-2H3,(H,22,26)(H,24,25)/b23-15+. The van der Waals surface area contributed by atoms with E-state index in [0.717, 1.165) is 48.3 Å². The van der Waals surface area contributed by atoms with Crippen LogP contribution in [0.5, 0.6) is 0 Å². The van der Waals surface area contributed by atoms with E-state index >= 15 is 0 Å². The summed E-state index contributed by atoms with van der Waals surface area (Å²) in [5.74, 6) is 0.596. The summed E-state index contributed by atoms with van der Waals surface area (Å²) < 4.78 is 6.53. The molecule has 1 aromatic carbocycles. The zero-order chi connectivity index (χ0) is 19.4. The van der Waals surface area contributed by atoms with Crippen LogP contribution in [0.3, 0.4) is 0 Å². The van der Waals surface area contributed by atoms with Crippen LogP contribution in [0.2, 0.25) is 0 Å². The molecule has 1 heterocycles. The summed E-state index contributed by atoms with van der Waals surface area (Å²) in [6, 6.07) is 7.18. The van der Waals surface area contributed by atoms with Crippen LogP contribution in [0.15, 0.2) is 38.3 Å². The monoisotopic (exact) mass is 431 g/mol. The molecule has 0 radical (unpaired) electrons. The van der Waals surface area contributed by atoms with Gasteiger partial charge in [0.05, 0.1) is 11.3 Å². The van der Waals surface area contributed by atoms with Crippen molar-refractivity contribution in [3.8, 4) is 0 Å². The number of nitrogens with one attached hydrogen (secondary N) is 2. The van der Waals surface area contributed by atoms with Crippen molar-refractivity contribution >= 4 is 33.5 Å². The molecule has 3 rings (SSSR count). The Balaban J connectivity index is 1.84. The van der Waals surface area contributed by atoms with E-state index in [2.05, 4.69) is 31.8 Å². The van der Waals surface area contributed by atoms with Gasteiger partial charge in [0.2, 0.25) is 0 Å². The van der Waals surface area contributed by atoms with Crippen LogP contribution in [0, 0.1) is 6.92 Å². The molecule has 7 heteroatoms. The van der Waals surface area contributed by atoms with Gasteiger partial charge in [0, 0.05) is 28.6 Å². The number of hydrogen-bond acceptors (Lipinski definition) is 4. The van der Waals surface area contributed by atoms with Gasteiger partial charge >= 0.3 is 0 Å². The Kier molecular flexibility index (Phi) is 6.11. The van der Waals surface area contributed by atoms with E-state index in [1.54, 1.807) is 12.1 Å². The first-order chi connectivity index (χ1) is 13.0. The second-order valence-electron chi connectivity index (χ2n) is 6.44. The Morgan fingerprint density at radius 3 is 2.74 bits per heavy atom. The number of amides is 2. The first-order valence-electron chi connectivity index (χ1n) is 9.05. The lowest BCUT2D eigenvalue weighted by atomic mass is 9.93. The molecule has 0 atom stereocenters. The molecule has 0 unspecified atom stereocenters. The van der Waals surface area contributed by atoms with Crippen molar-refractivity contribution in [2.75, 3.05) is 6.54 Å². The highest BCUT2D eigenvalue weighted by Crippen LogP contribution is 2.30. The molecule has 0 bridgehead atoms. The van der Waals surface area contributed by atoms with Gasteiger partial charge in [-0.2, -0.15) is 5.10 Å². The smallest absolute Gasteiger partial charge is 0.287 e. The molecule has 2 N–H and O–H groups in total. The molecule has 0 saturated heterocycles. The van der Waals surface area contributed by atoms with Crippen LogP contribution in [-0.4, -0.2) is 24.1 Å². The third kappa shape index (κ3) is 4.13. The van der Waals surface area contributed by atoms with Gasteiger partial charge in [0.1, 0.15) is 5.76 Å². The van der Waals surface area contributed by atoms with Gasteiger partial charge in [-0.1, -0.05) is 19.1 Å². The minimum absolute atomic E-state index is 0.208. The Bertz CT molecular complexity index is 902. The van der Waals surface area contributed by atoms with Crippen molar-refractivity contribution in [1.82, 2.24) is 10.7 Å². The van der Waals surface area contributed by atoms with E-state index in [1.807, 2.05) is 26.0 Å². The number of fused-ring (bicyclic) bond motifs is 1. The van der Waals surface area contributed by atoms with Gasteiger partial charge in [-0.15, -0.1) is 0 Å². The average Bonchev–Trinajstić information content (AvgIpc) is 3.02. The predicted octanol–water partition coefficient (Wildman–Crippen LogP) is 3.96. The molecule has 0 saturated carbocycles. The fraction of sp³-hybridized carbons (Fsp3) is 0.350. The third-order valence-electron chi connectivity index (χ3n) is 4.48. The van der Waals surface area contributed by atoms with Crippen molar-refractivity contribution in [3.05, 3.63) is 56.9 Å². The van der Waals surface area contributed by atoms with Gasteiger partial charge in [-0.05, 0) is 54.2 Å². The van der Waals surface area contributed by atoms with E-state index in [4.69, 9.17) is 4.42 Å². The second kappa shape index (κ2) is 8.52. The number of hydrogen-bond donors (Lipinski definition) is 2. The lowest BCUT2D eigenvalue weighted by Crippen LogP contribution is -2.24. The van der Waals surface area contributed by atoms with E-state index in [1.165, 1.54) is 0 Å². The number of halogens is 1. The predicted molar refractivity (Wildman–Crippen MR) is 107 cm³/mol. The zero-order valence-electron chi connectivity index (χ0n) is 15.4. The van der Waals surface area contributed by atoms with Crippen molar-refractivity contribution in [2.24, 2.45) is 5.10 Å². The van der Waals surface area contributed by atoms with Crippen LogP contribution < -0.4 is 10.7 Å². The quantitative estimate of drug-likeness (QED) is 0.702. The third-order valence-corrected chi connectivity index (χ3v) is 5.17. The van der Waals surface area contributed by atoms with E-state index in [0.29, 0.717) is 22.3 Å². The number of carbonyl (C=O) groups is 2. The van der Waals surface area contributed by atoms with Gasteiger partial charge < -0.3 is 9.73 Å². The van der Waals surface area contributed by atoms with Crippen molar-refractivity contribution in [3.63, 3.8) is 0 Å². The summed E-state index contributed by atoms with van der Waals surface area (Å²) in [4.78, 5) is 24.7. The molecule has 0 spiro atoms. The molecular weight excluding hydrogens is 410 g/mol. The molecule has 1 aromatic heterocycles. The maximum absolute atomic E-state index is 12.4. The average molecular weight is 432 g/mol. The Labute approximate surface area is 166 Å². The number of benzene rings is 1. The SMILES string of the molecule is CCCNC(=O)c1oc2c(c1C)/C(=N/NC(=O)c1ccccc1Br)CCC2. The summed E-state index contributed by atoms with van der Waals surface area (Å²) in [5.41, 5.74) is 5.50. The summed E-state index contributed by atoms with van der Waals surface area (Å²) in [6.45, 7) is 4.46. The summed E-state index contributed by atoms with van der Waals surface area (Å²) in [5, 5.41) is 7.19. The minimum atomic E-state index is -0.288.